The molecule has 1 rings (SSSR count). The lowest BCUT2D eigenvalue weighted by atomic mass is 9.99. The molecule has 1 saturated heterocycles. The Morgan fingerprint density at radius 1 is 0.544 bits per heavy atom. The van der Waals surface area contributed by atoms with Gasteiger partial charge in [0.1, 0.15) is 30.5 Å². The van der Waals surface area contributed by atoms with E-state index in [1.807, 2.05) is 0 Å². The Hall–Kier alpha value is -1.33. The van der Waals surface area contributed by atoms with Crippen molar-refractivity contribution in [2.75, 3.05) is 26.4 Å². The number of aliphatic hydroxyl groups excluding tert-OH is 4. The zero-order valence-corrected chi connectivity index (χ0v) is 36.9. The lowest BCUT2D eigenvalue weighted by Gasteiger charge is -2.39. The molecule has 4 N–H and O–H groups in total. The van der Waals surface area contributed by atoms with Gasteiger partial charge in [-0.05, 0) is 64.2 Å². The highest BCUT2D eigenvalue weighted by Crippen LogP contribution is 2.23. The van der Waals surface area contributed by atoms with E-state index in [2.05, 4.69) is 38.2 Å². The summed E-state index contributed by atoms with van der Waals surface area (Å²) in [5.41, 5.74) is 0. The monoisotopic (exact) mass is 811 g/mol. The van der Waals surface area contributed by atoms with Gasteiger partial charge in [-0.1, -0.05) is 167 Å². The first-order valence-electron chi connectivity index (χ1n) is 23.9. The normalized spacial score (nSPS) is 20.6. The second-order valence-electron chi connectivity index (χ2n) is 16.6. The van der Waals surface area contributed by atoms with Gasteiger partial charge in [0.15, 0.2) is 6.29 Å². The molecule has 0 aromatic heterocycles. The van der Waals surface area contributed by atoms with E-state index in [0.717, 1.165) is 32.1 Å². The number of esters is 1. The van der Waals surface area contributed by atoms with Gasteiger partial charge >= 0.3 is 5.97 Å². The largest absolute Gasteiger partial charge is 0.457 e. The van der Waals surface area contributed by atoms with Gasteiger partial charge in [0.05, 0.1) is 19.8 Å². The molecular formula is C48H90O9. The fourth-order valence-electron chi connectivity index (χ4n) is 7.31. The van der Waals surface area contributed by atoms with Crippen LogP contribution >= 0.6 is 0 Å². The van der Waals surface area contributed by atoms with Crippen molar-refractivity contribution in [2.24, 2.45) is 0 Å². The molecule has 0 aromatic carbocycles. The van der Waals surface area contributed by atoms with E-state index < -0.39 is 43.4 Å². The van der Waals surface area contributed by atoms with E-state index in [0.29, 0.717) is 13.0 Å². The van der Waals surface area contributed by atoms with Gasteiger partial charge < -0.3 is 39.4 Å². The second-order valence-corrected chi connectivity index (χ2v) is 16.6. The van der Waals surface area contributed by atoms with Crippen molar-refractivity contribution in [1.82, 2.24) is 0 Å². The number of hydrogen-bond acceptors (Lipinski definition) is 9. The summed E-state index contributed by atoms with van der Waals surface area (Å²) < 4.78 is 22.8. The molecule has 0 radical (unpaired) electrons. The first kappa shape index (κ1) is 53.7. The van der Waals surface area contributed by atoms with Crippen molar-refractivity contribution >= 4 is 5.97 Å². The van der Waals surface area contributed by atoms with Crippen molar-refractivity contribution in [3.05, 3.63) is 24.3 Å². The zero-order chi connectivity index (χ0) is 41.4. The Morgan fingerprint density at radius 3 is 1.42 bits per heavy atom. The zero-order valence-electron chi connectivity index (χ0n) is 36.9. The summed E-state index contributed by atoms with van der Waals surface area (Å²) in [6.07, 6.45) is 39.1. The SMILES string of the molecule is CCCCCCC/C=C\CCCCCCCCOCC(COC1OC(CO)C(O)C(O)C1O)OC(=O)CCCCCCCCCCC/C=C\CCCCCCCC. The van der Waals surface area contributed by atoms with Crippen LogP contribution in [0.1, 0.15) is 213 Å². The van der Waals surface area contributed by atoms with Crippen LogP contribution in [0, 0.1) is 0 Å². The molecule has 6 unspecified atom stereocenters. The highest BCUT2D eigenvalue weighted by molar-refractivity contribution is 5.69. The van der Waals surface area contributed by atoms with E-state index in [1.54, 1.807) is 0 Å². The van der Waals surface area contributed by atoms with Crippen LogP contribution in [0.2, 0.25) is 0 Å². The standard InChI is InChI=1S/C48H90O9/c1-3-5-7-9-11-13-15-17-19-20-21-22-23-25-27-29-31-33-35-37-44(50)56-42(41-55-48-47(53)46(52)45(51)43(39-49)57-48)40-54-38-36-34-32-30-28-26-24-18-16-14-12-10-8-6-4-2/h16-19,42-43,45-49,51-53H,3-15,20-41H2,1-2H3/b18-16-,19-17-. The molecule has 9 heteroatoms. The second kappa shape index (κ2) is 40.1. The van der Waals surface area contributed by atoms with Gasteiger partial charge in [-0.15, -0.1) is 0 Å². The molecule has 0 spiro atoms. The molecule has 336 valence electrons. The molecule has 9 nitrogen and oxygen atoms in total. The number of ether oxygens (including phenoxy) is 4. The minimum absolute atomic E-state index is 0.114. The molecular weight excluding hydrogens is 721 g/mol. The first-order valence-corrected chi connectivity index (χ1v) is 23.9. The van der Waals surface area contributed by atoms with Crippen LogP contribution in [0.4, 0.5) is 0 Å². The minimum Gasteiger partial charge on any atom is -0.457 e. The molecule has 0 bridgehead atoms. The number of unbranched alkanes of at least 4 members (excludes halogenated alkanes) is 26. The summed E-state index contributed by atoms with van der Waals surface area (Å²) in [5.74, 6) is -0.316. The number of aliphatic hydroxyl groups is 4. The van der Waals surface area contributed by atoms with E-state index in [9.17, 15) is 25.2 Å². The average Bonchev–Trinajstić information content (AvgIpc) is 3.21. The molecule has 1 fully saturated rings. The molecule has 1 aliphatic heterocycles. The van der Waals surface area contributed by atoms with Crippen LogP contribution in [0.25, 0.3) is 0 Å². The van der Waals surface area contributed by atoms with Gasteiger partial charge in [-0.2, -0.15) is 0 Å². The molecule has 1 heterocycles. The molecule has 1 aliphatic rings. The van der Waals surface area contributed by atoms with Crippen LogP contribution in [-0.4, -0.2) is 89.6 Å². The van der Waals surface area contributed by atoms with Crippen molar-refractivity contribution < 1.29 is 44.2 Å². The molecule has 0 aromatic rings. The third-order valence-electron chi connectivity index (χ3n) is 11.1. The summed E-state index contributed by atoms with van der Waals surface area (Å²) in [6, 6.07) is 0. The first-order chi connectivity index (χ1) is 27.9. The number of allylic oxidation sites excluding steroid dienone is 4. The van der Waals surface area contributed by atoms with E-state index in [-0.39, 0.29) is 19.2 Å². The fraction of sp³-hybridized carbons (Fsp3) is 0.896. The number of rotatable bonds is 41. The van der Waals surface area contributed by atoms with Crippen LogP contribution in [0.3, 0.4) is 0 Å². The molecule has 0 aliphatic carbocycles. The Balaban J connectivity index is 2.23. The maximum absolute atomic E-state index is 12.8. The van der Waals surface area contributed by atoms with Crippen LogP contribution < -0.4 is 0 Å². The van der Waals surface area contributed by atoms with Crippen molar-refractivity contribution in [3.63, 3.8) is 0 Å². The maximum atomic E-state index is 12.8. The fourth-order valence-corrected chi connectivity index (χ4v) is 7.31. The van der Waals surface area contributed by atoms with Crippen molar-refractivity contribution in [1.29, 1.82) is 0 Å². The highest BCUT2D eigenvalue weighted by atomic mass is 16.7. The minimum atomic E-state index is -1.54. The van der Waals surface area contributed by atoms with Gasteiger partial charge in [0.25, 0.3) is 0 Å². The van der Waals surface area contributed by atoms with E-state index in [4.69, 9.17) is 18.9 Å². The Labute approximate surface area is 349 Å². The molecule has 57 heavy (non-hydrogen) atoms. The van der Waals surface area contributed by atoms with E-state index in [1.165, 1.54) is 161 Å². The third kappa shape index (κ3) is 31.2. The smallest absolute Gasteiger partial charge is 0.306 e. The lowest BCUT2D eigenvalue weighted by Crippen LogP contribution is -2.59. The lowest BCUT2D eigenvalue weighted by molar-refractivity contribution is -0.305. The quantitative estimate of drug-likeness (QED) is 0.0270. The summed E-state index contributed by atoms with van der Waals surface area (Å²) in [7, 11) is 0. The van der Waals surface area contributed by atoms with Crippen LogP contribution in [-0.2, 0) is 23.7 Å². The van der Waals surface area contributed by atoms with Crippen molar-refractivity contribution in [2.45, 2.75) is 250 Å². The Morgan fingerprint density at radius 2 is 0.965 bits per heavy atom. The predicted octanol–water partition coefficient (Wildman–Crippen LogP) is 11.0. The van der Waals surface area contributed by atoms with Gasteiger partial charge in [0, 0.05) is 13.0 Å². The van der Waals surface area contributed by atoms with Gasteiger partial charge in [0.2, 0.25) is 0 Å². The summed E-state index contributed by atoms with van der Waals surface area (Å²) in [4.78, 5) is 12.8. The highest BCUT2D eigenvalue weighted by Gasteiger charge is 2.44. The summed E-state index contributed by atoms with van der Waals surface area (Å²) in [5, 5.41) is 40.1. The Kier molecular flexibility index (Phi) is 37.8. The molecule has 6 atom stereocenters. The summed E-state index contributed by atoms with van der Waals surface area (Å²) >= 11 is 0. The van der Waals surface area contributed by atoms with Crippen LogP contribution in [0.5, 0.6) is 0 Å². The molecule has 0 saturated carbocycles. The average molecular weight is 811 g/mol. The third-order valence-corrected chi connectivity index (χ3v) is 11.1. The number of carbonyl (C=O) groups excluding carboxylic acids is 1. The van der Waals surface area contributed by atoms with Gasteiger partial charge in [-0.3, -0.25) is 4.79 Å². The van der Waals surface area contributed by atoms with Crippen LogP contribution in [0.15, 0.2) is 24.3 Å². The topological polar surface area (TPSA) is 135 Å². The number of hydrogen-bond donors (Lipinski definition) is 4. The van der Waals surface area contributed by atoms with Crippen molar-refractivity contribution in [3.8, 4) is 0 Å². The summed E-state index contributed by atoms with van der Waals surface area (Å²) in [6.45, 7) is 4.55. The van der Waals surface area contributed by atoms with E-state index >= 15 is 0 Å². The molecule has 0 amide bonds. The predicted molar refractivity (Wildman–Crippen MR) is 233 cm³/mol. The maximum Gasteiger partial charge on any atom is 0.306 e. The Bertz CT molecular complexity index is 926. The number of carbonyl (C=O) groups is 1. The van der Waals surface area contributed by atoms with Gasteiger partial charge in [-0.25, -0.2) is 0 Å².